The summed E-state index contributed by atoms with van der Waals surface area (Å²) in [6.07, 6.45) is -6.95. The van der Waals surface area contributed by atoms with Gasteiger partial charge in [0.1, 0.15) is 6.23 Å². The van der Waals surface area contributed by atoms with E-state index in [0.717, 1.165) is 18.9 Å². The van der Waals surface area contributed by atoms with Crippen molar-refractivity contribution >= 4 is 5.57 Å². The van der Waals surface area contributed by atoms with E-state index in [-0.39, 0.29) is 23.3 Å². The summed E-state index contributed by atoms with van der Waals surface area (Å²) >= 11 is 0. The summed E-state index contributed by atoms with van der Waals surface area (Å²) in [6, 6.07) is 3.95. The number of aromatic amines is 1. The Balaban J connectivity index is 1.88. The number of alkyl halides is 6. The molecule has 0 bridgehead atoms. The molecule has 1 aromatic carbocycles. The number of aliphatic hydroxyl groups is 1. The van der Waals surface area contributed by atoms with E-state index in [1.165, 1.54) is 12.1 Å². The minimum absolute atomic E-state index is 0.0582. The number of nitrogens with one attached hydrogen (secondary N) is 2. The van der Waals surface area contributed by atoms with E-state index in [9.17, 15) is 36.2 Å². The van der Waals surface area contributed by atoms with Crippen LogP contribution in [-0.2, 0) is 12.4 Å². The van der Waals surface area contributed by atoms with Crippen LogP contribution >= 0.6 is 0 Å². The van der Waals surface area contributed by atoms with E-state index in [0.29, 0.717) is 24.5 Å². The Hall–Kier alpha value is -2.59. The first kappa shape index (κ1) is 22.6. The molecule has 1 unspecified atom stereocenters. The summed E-state index contributed by atoms with van der Waals surface area (Å²) in [5.74, 6) is 0.115. The smallest absolute Gasteiger partial charge is 0.379 e. The number of halogens is 6. The molecule has 3 N–H and O–H groups in total. The molecule has 2 heterocycles. The molecule has 0 amide bonds. The van der Waals surface area contributed by atoms with Gasteiger partial charge in [-0.3, -0.25) is 10.1 Å². The number of pyridine rings is 1. The van der Waals surface area contributed by atoms with Crippen molar-refractivity contribution in [1.82, 2.24) is 10.3 Å². The fourth-order valence-electron chi connectivity index (χ4n) is 3.96. The van der Waals surface area contributed by atoms with Crippen molar-refractivity contribution < 1.29 is 31.4 Å². The molecule has 1 aliphatic heterocycles. The zero-order valence-electron chi connectivity index (χ0n) is 16.6. The second-order valence-electron chi connectivity index (χ2n) is 8.13. The summed E-state index contributed by atoms with van der Waals surface area (Å²) in [6.45, 7) is 0. The zero-order valence-corrected chi connectivity index (χ0v) is 16.6. The number of aromatic nitrogens is 1. The molecule has 0 radical (unpaired) electrons. The predicted molar refractivity (Wildman–Crippen MR) is 105 cm³/mol. The summed E-state index contributed by atoms with van der Waals surface area (Å²) in [4.78, 5) is 15.1. The standard InChI is InChI=1S/C22H20F6N2O2/c23-21(24,25)12-3-5-15(17(9-12)22(26,27)28)16(10-13-4-8-19(31)29-13)18-7-6-14(11-1-2-11)20(32)30-18/h3,5-7,9-11,13,19,29,31H,1-2,4,8H2,(H,30,32)/b16-10+/t13-,19?/m1/s1. The highest BCUT2D eigenvalue weighted by molar-refractivity contribution is 5.80. The largest absolute Gasteiger partial charge is 0.417 e. The second-order valence-corrected chi connectivity index (χ2v) is 8.13. The second kappa shape index (κ2) is 8.08. The lowest BCUT2D eigenvalue weighted by Gasteiger charge is -2.19. The topological polar surface area (TPSA) is 65.1 Å². The molecule has 1 aromatic heterocycles. The third-order valence-corrected chi connectivity index (χ3v) is 5.72. The molecule has 172 valence electrons. The third kappa shape index (κ3) is 4.75. The van der Waals surface area contributed by atoms with Crippen molar-refractivity contribution in [2.45, 2.75) is 56.2 Å². The average Bonchev–Trinajstić information content (AvgIpc) is 3.45. The van der Waals surface area contributed by atoms with E-state index < -0.39 is 46.9 Å². The molecular weight excluding hydrogens is 438 g/mol. The molecule has 2 atom stereocenters. The van der Waals surface area contributed by atoms with Gasteiger partial charge in [-0.05, 0) is 55.4 Å². The minimum atomic E-state index is -5.06. The monoisotopic (exact) mass is 458 g/mol. The van der Waals surface area contributed by atoms with Gasteiger partial charge in [-0.2, -0.15) is 26.3 Å². The van der Waals surface area contributed by atoms with Crippen molar-refractivity contribution in [2.24, 2.45) is 0 Å². The SMILES string of the molecule is O=c1[nH]c(/C(=C/[C@H]2CCC(O)N2)c2ccc(C(F)(F)F)cc2C(F)(F)F)ccc1C1CC1. The molecule has 1 saturated carbocycles. The van der Waals surface area contributed by atoms with Gasteiger partial charge in [0.2, 0.25) is 0 Å². The number of aliphatic hydroxyl groups excluding tert-OH is 1. The Labute approximate surface area is 179 Å². The van der Waals surface area contributed by atoms with E-state index in [1.54, 1.807) is 6.07 Å². The molecule has 4 rings (SSSR count). The molecule has 4 nitrogen and oxygen atoms in total. The van der Waals surface area contributed by atoms with Gasteiger partial charge < -0.3 is 10.1 Å². The average molecular weight is 458 g/mol. The molecule has 32 heavy (non-hydrogen) atoms. The molecule has 1 saturated heterocycles. The zero-order chi connectivity index (χ0) is 23.3. The van der Waals surface area contributed by atoms with Crippen LogP contribution in [0.3, 0.4) is 0 Å². The fraction of sp³-hybridized carbons (Fsp3) is 0.409. The van der Waals surface area contributed by atoms with Crippen molar-refractivity contribution in [3.8, 4) is 0 Å². The number of rotatable bonds is 4. The van der Waals surface area contributed by atoms with E-state index in [4.69, 9.17) is 0 Å². The van der Waals surface area contributed by atoms with Crippen molar-refractivity contribution in [3.05, 3.63) is 74.7 Å². The van der Waals surface area contributed by atoms with Crippen molar-refractivity contribution in [3.63, 3.8) is 0 Å². The highest BCUT2D eigenvalue weighted by atomic mass is 19.4. The summed E-state index contributed by atoms with van der Waals surface area (Å²) in [7, 11) is 0. The highest BCUT2D eigenvalue weighted by Crippen LogP contribution is 2.42. The van der Waals surface area contributed by atoms with Gasteiger partial charge in [0.05, 0.1) is 11.1 Å². The summed E-state index contributed by atoms with van der Waals surface area (Å²) in [5.41, 5.74) is -3.25. The van der Waals surface area contributed by atoms with Crippen molar-refractivity contribution in [1.29, 1.82) is 0 Å². The maximum atomic E-state index is 13.8. The molecular formula is C22H20F6N2O2. The van der Waals surface area contributed by atoms with Crippen LogP contribution in [0.1, 0.15) is 59.5 Å². The van der Waals surface area contributed by atoms with Crippen molar-refractivity contribution in [2.75, 3.05) is 0 Å². The Morgan fingerprint density at radius 3 is 2.22 bits per heavy atom. The Bertz CT molecular complexity index is 1100. The van der Waals surface area contributed by atoms with Crippen LogP contribution in [0.2, 0.25) is 0 Å². The van der Waals surface area contributed by atoms with Gasteiger partial charge in [-0.1, -0.05) is 18.2 Å². The van der Waals surface area contributed by atoms with E-state index >= 15 is 0 Å². The normalized spacial score (nSPS) is 22.4. The molecule has 2 aliphatic rings. The first-order chi connectivity index (χ1) is 14.9. The highest BCUT2D eigenvalue weighted by Gasteiger charge is 2.39. The molecule has 2 fully saturated rings. The fourth-order valence-corrected chi connectivity index (χ4v) is 3.96. The van der Waals surface area contributed by atoms with Crippen LogP contribution in [0.5, 0.6) is 0 Å². The number of benzene rings is 1. The van der Waals surface area contributed by atoms with Crippen LogP contribution in [0.15, 0.2) is 41.2 Å². The Morgan fingerprint density at radius 2 is 1.69 bits per heavy atom. The van der Waals surface area contributed by atoms with E-state index in [2.05, 4.69) is 10.3 Å². The third-order valence-electron chi connectivity index (χ3n) is 5.72. The van der Waals surface area contributed by atoms with Gasteiger partial charge in [-0.15, -0.1) is 0 Å². The molecule has 0 spiro atoms. The van der Waals surface area contributed by atoms with Gasteiger partial charge in [-0.25, -0.2) is 0 Å². The number of hydrogen-bond acceptors (Lipinski definition) is 3. The van der Waals surface area contributed by atoms with Crippen LogP contribution < -0.4 is 10.9 Å². The maximum absolute atomic E-state index is 13.8. The van der Waals surface area contributed by atoms with Gasteiger partial charge >= 0.3 is 12.4 Å². The van der Waals surface area contributed by atoms with Gasteiger partial charge in [0, 0.05) is 22.9 Å². The minimum Gasteiger partial charge on any atom is -0.379 e. The lowest BCUT2D eigenvalue weighted by Crippen LogP contribution is -2.28. The lowest BCUT2D eigenvalue weighted by molar-refractivity contribution is -0.143. The predicted octanol–water partition coefficient (Wildman–Crippen LogP) is 4.79. The molecule has 10 heteroatoms. The molecule has 1 aliphatic carbocycles. The molecule has 2 aromatic rings. The Kier molecular flexibility index (Phi) is 5.70. The number of hydrogen-bond donors (Lipinski definition) is 3. The van der Waals surface area contributed by atoms with Gasteiger partial charge in [0.15, 0.2) is 0 Å². The van der Waals surface area contributed by atoms with Crippen LogP contribution in [0, 0.1) is 0 Å². The van der Waals surface area contributed by atoms with Crippen LogP contribution in [0.4, 0.5) is 26.3 Å². The first-order valence-electron chi connectivity index (χ1n) is 10.1. The van der Waals surface area contributed by atoms with Gasteiger partial charge in [0.25, 0.3) is 5.56 Å². The lowest BCUT2D eigenvalue weighted by atomic mass is 9.92. The quantitative estimate of drug-likeness (QED) is 0.578. The number of H-pyrrole nitrogens is 1. The maximum Gasteiger partial charge on any atom is 0.417 e. The summed E-state index contributed by atoms with van der Waals surface area (Å²) < 4.78 is 80.7. The van der Waals surface area contributed by atoms with Crippen LogP contribution in [0.25, 0.3) is 5.57 Å². The Morgan fingerprint density at radius 1 is 0.969 bits per heavy atom. The first-order valence-corrected chi connectivity index (χ1v) is 10.1. The van der Waals surface area contributed by atoms with Crippen LogP contribution in [-0.4, -0.2) is 22.4 Å². The van der Waals surface area contributed by atoms with E-state index in [1.807, 2.05) is 0 Å². The summed E-state index contributed by atoms with van der Waals surface area (Å²) in [5, 5.41) is 12.5.